The minimum Gasteiger partial charge on any atom is -0.390 e. The highest BCUT2D eigenvalue weighted by atomic mass is 32.2. The summed E-state index contributed by atoms with van der Waals surface area (Å²) >= 11 is 0. The maximum atomic E-state index is 13.2. The number of nitrogens with zero attached hydrogens (tertiary/aromatic N) is 1. The Morgan fingerprint density at radius 3 is 2.32 bits per heavy atom. The summed E-state index contributed by atoms with van der Waals surface area (Å²) in [7, 11) is -3.62. The Morgan fingerprint density at radius 1 is 0.974 bits per heavy atom. The van der Waals surface area contributed by atoms with Gasteiger partial charge in [0.15, 0.2) is 0 Å². The third kappa shape index (κ3) is 6.76. The molecule has 202 valence electrons. The molecule has 0 aromatic heterocycles. The van der Waals surface area contributed by atoms with Crippen LogP contribution >= 0.6 is 0 Å². The molecule has 1 aliphatic rings. The Balaban J connectivity index is 1.43. The second kappa shape index (κ2) is 12.5. The molecular weight excluding hydrogens is 504 g/mol. The number of nitrogens with two attached hydrogens (primary N) is 1. The van der Waals surface area contributed by atoms with E-state index in [0.717, 1.165) is 16.3 Å². The summed E-state index contributed by atoms with van der Waals surface area (Å²) in [6.45, 7) is 0.431. The quantitative estimate of drug-likeness (QED) is 0.308. The van der Waals surface area contributed by atoms with Gasteiger partial charge in [-0.05, 0) is 41.3 Å². The molecule has 5 N–H and O–H groups in total. The fourth-order valence-corrected chi connectivity index (χ4v) is 6.12. The number of sulfonamides is 1. The van der Waals surface area contributed by atoms with Crippen LogP contribution in [-0.4, -0.2) is 68.0 Å². The lowest BCUT2D eigenvalue weighted by Gasteiger charge is -2.31. The Bertz CT molecular complexity index is 1360. The zero-order chi connectivity index (χ0) is 27.1. The fourth-order valence-electron chi connectivity index (χ4n) is 4.63. The number of hydrogen-bond acceptors (Lipinski definition) is 6. The molecule has 10 heteroatoms. The van der Waals surface area contributed by atoms with Crippen molar-refractivity contribution >= 4 is 32.6 Å². The molecule has 1 fully saturated rings. The van der Waals surface area contributed by atoms with E-state index in [1.165, 1.54) is 4.31 Å². The van der Waals surface area contributed by atoms with Gasteiger partial charge in [-0.25, -0.2) is 8.42 Å². The highest BCUT2D eigenvalue weighted by Crippen LogP contribution is 2.24. The van der Waals surface area contributed by atoms with E-state index in [9.17, 15) is 23.1 Å². The predicted molar refractivity (Wildman–Crippen MR) is 146 cm³/mol. The average Bonchev–Trinajstić information content (AvgIpc) is 2.95. The standard InChI is InChI=1S/C28H34N4O5S/c29-18-24(33)19-30-28(35)26(17-20-10-11-21-6-4-5-7-23(21)16-20)31-27(34)22-12-14-32(15-13-22)38(36,37)25-8-2-1-3-9-25/h1-11,16,22,24,26,33H,12-15,17-19,29H2,(H,30,35)(H,31,34)/t24?,26-/m1/s1. The van der Waals surface area contributed by atoms with Crippen LogP contribution < -0.4 is 16.4 Å². The molecule has 0 spiro atoms. The number of aliphatic hydroxyl groups excluding tert-OH is 1. The van der Waals surface area contributed by atoms with Crippen molar-refractivity contribution in [3.63, 3.8) is 0 Å². The molecule has 2 amide bonds. The molecule has 3 aromatic rings. The summed E-state index contributed by atoms with van der Waals surface area (Å²) in [6, 6.07) is 21.2. The van der Waals surface area contributed by atoms with Crippen molar-refractivity contribution in [3.05, 3.63) is 78.4 Å². The Kier molecular flexibility index (Phi) is 9.11. The number of nitrogens with one attached hydrogen (secondary N) is 2. The molecule has 0 radical (unpaired) electrons. The van der Waals surface area contributed by atoms with E-state index in [1.54, 1.807) is 30.3 Å². The molecule has 1 heterocycles. The first-order chi connectivity index (χ1) is 18.3. The second-order valence-electron chi connectivity index (χ2n) is 9.57. The van der Waals surface area contributed by atoms with Gasteiger partial charge in [0.2, 0.25) is 21.8 Å². The minimum absolute atomic E-state index is 0.00639. The lowest BCUT2D eigenvalue weighted by molar-refractivity contribution is -0.132. The number of rotatable bonds is 10. The lowest BCUT2D eigenvalue weighted by Crippen LogP contribution is -2.52. The molecular formula is C28H34N4O5S. The molecule has 0 aliphatic carbocycles. The van der Waals surface area contributed by atoms with E-state index in [-0.39, 0.29) is 43.4 Å². The zero-order valence-electron chi connectivity index (χ0n) is 21.1. The number of benzene rings is 3. The van der Waals surface area contributed by atoms with E-state index < -0.39 is 34.0 Å². The van der Waals surface area contributed by atoms with Crippen molar-refractivity contribution in [2.45, 2.75) is 36.3 Å². The Hall–Kier alpha value is -3.31. The minimum atomic E-state index is -3.62. The summed E-state index contributed by atoms with van der Waals surface area (Å²) in [5.41, 5.74) is 6.33. The SMILES string of the molecule is NCC(O)CNC(=O)[C@@H](Cc1ccc2ccccc2c1)NC(=O)C1CCN(S(=O)(=O)c2ccccc2)CC1. The summed E-state index contributed by atoms with van der Waals surface area (Å²) < 4.78 is 27.2. The van der Waals surface area contributed by atoms with Crippen LogP contribution in [0.15, 0.2) is 77.7 Å². The van der Waals surface area contributed by atoms with Crippen molar-refractivity contribution in [1.29, 1.82) is 0 Å². The number of hydrogen-bond donors (Lipinski definition) is 4. The van der Waals surface area contributed by atoms with E-state index >= 15 is 0 Å². The third-order valence-electron chi connectivity index (χ3n) is 6.88. The van der Waals surface area contributed by atoms with Gasteiger partial charge in [0.05, 0.1) is 11.0 Å². The molecule has 2 atom stereocenters. The van der Waals surface area contributed by atoms with Gasteiger partial charge in [0, 0.05) is 38.5 Å². The van der Waals surface area contributed by atoms with Gasteiger partial charge < -0.3 is 21.5 Å². The Morgan fingerprint density at radius 2 is 1.63 bits per heavy atom. The number of fused-ring (bicyclic) bond motifs is 1. The predicted octanol–water partition coefficient (Wildman–Crippen LogP) is 1.40. The first kappa shape index (κ1) is 27.7. The highest BCUT2D eigenvalue weighted by Gasteiger charge is 2.33. The number of carbonyl (C=O) groups excluding carboxylic acids is 2. The van der Waals surface area contributed by atoms with Crippen LogP contribution in [0.2, 0.25) is 0 Å². The Labute approximate surface area is 223 Å². The van der Waals surface area contributed by atoms with E-state index in [2.05, 4.69) is 10.6 Å². The van der Waals surface area contributed by atoms with Crippen molar-refractivity contribution < 1.29 is 23.1 Å². The van der Waals surface area contributed by atoms with Gasteiger partial charge in [0.25, 0.3) is 0 Å². The maximum absolute atomic E-state index is 13.2. The van der Waals surface area contributed by atoms with Crippen molar-refractivity contribution in [1.82, 2.24) is 14.9 Å². The van der Waals surface area contributed by atoms with Gasteiger partial charge in [-0.2, -0.15) is 4.31 Å². The molecule has 38 heavy (non-hydrogen) atoms. The van der Waals surface area contributed by atoms with Crippen LogP contribution in [0.3, 0.4) is 0 Å². The molecule has 3 aromatic carbocycles. The fraction of sp³-hybridized carbons (Fsp3) is 0.357. The summed E-state index contributed by atoms with van der Waals surface area (Å²) in [6.07, 6.45) is 0.0942. The smallest absolute Gasteiger partial charge is 0.243 e. The molecule has 1 unspecified atom stereocenters. The molecule has 1 aliphatic heterocycles. The van der Waals surface area contributed by atoms with Gasteiger partial charge >= 0.3 is 0 Å². The largest absolute Gasteiger partial charge is 0.390 e. The van der Waals surface area contributed by atoms with Crippen LogP contribution in [0, 0.1) is 5.92 Å². The number of aliphatic hydroxyl groups is 1. The van der Waals surface area contributed by atoms with Gasteiger partial charge in [-0.3, -0.25) is 9.59 Å². The van der Waals surface area contributed by atoms with Crippen LogP contribution in [0.5, 0.6) is 0 Å². The number of piperidine rings is 1. The third-order valence-corrected chi connectivity index (χ3v) is 8.79. The van der Waals surface area contributed by atoms with Crippen LogP contribution in [-0.2, 0) is 26.0 Å². The molecule has 0 saturated carbocycles. The van der Waals surface area contributed by atoms with E-state index in [4.69, 9.17) is 5.73 Å². The van der Waals surface area contributed by atoms with E-state index in [1.807, 2.05) is 42.5 Å². The zero-order valence-corrected chi connectivity index (χ0v) is 21.9. The van der Waals surface area contributed by atoms with Crippen molar-refractivity contribution in [3.8, 4) is 0 Å². The van der Waals surface area contributed by atoms with Crippen molar-refractivity contribution in [2.24, 2.45) is 11.7 Å². The van der Waals surface area contributed by atoms with Crippen LogP contribution in [0.1, 0.15) is 18.4 Å². The van der Waals surface area contributed by atoms with Crippen LogP contribution in [0.25, 0.3) is 10.8 Å². The highest BCUT2D eigenvalue weighted by molar-refractivity contribution is 7.89. The monoisotopic (exact) mass is 538 g/mol. The average molecular weight is 539 g/mol. The van der Waals surface area contributed by atoms with E-state index in [0.29, 0.717) is 12.8 Å². The first-order valence-corrected chi connectivity index (χ1v) is 14.2. The summed E-state index contributed by atoms with van der Waals surface area (Å²) in [4.78, 5) is 26.5. The topological polar surface area (TPSA) is 142 Å². The number of carbonyl (C=O) groups is 2. The maximum Gasteiger partial charge on any atom is 0.243 e. The van der Waals surface area contributed by atoms with Gasteiger partial charge in [-0.15, -0.1) is 0 Å². The van der Waals surface area contributed by atoms with Crippen molar-refractivity contribution in [2.75, 3.05) is 26.2 Å². The van der Waals surface area contributed by atoms with Gasteiger partial charge in [-0.1, -0.05) is 60.7 Å². The van der Waals surface area contributed by atoms with Gasteiger partial charge in [0.1, 0.15) is 6.04 Å². The first-order valence-electron chi connectivity index (χ1n) is 12.8. The molecule has 9 nitrogen and oxygen atoms in total. The molecule has 1 saturated heterocycles. The summed E-state index contributed by atoms with van der Waals surface area (Å²) in [5.74, 6) is -1.12. The molecule has 4 rings (SSSR count). The normalized spacial score (nSPS) is 16.6. The summed E-state index contributed by atoms with van der Waals surface area (Å²) in [5, 5.41) is 17.4. The lowest BCUT2D eigenvalue weighted by atomic mass is 9.95. The molecule has 0 bridgehead atoms. The second-order valence-corrected chi connectivity index (χ2v) is 11.5. The number of amides is 2. The van der Waals surface area contributed by atoms with Crippen LogP contribution in [0.4, 0.5) is 0 Å².